The van der Waals surface area contributed by atoms with Gasteiger partial charge >= 0.3 is 6.03 Å². The molecule has 1 atom stereocenters. The largest absolute Gasteiger partial charge is 0.488 e. The van der Waals surface area contributed by atoms with Gasteiger partial charge in [-0.15, -0.1) is 0 Å². The molecule has 1 saturated carbocycles. The third-order valence-corrected chi connectivity index (χ3v) is 4.24. The van der Waals surface area contributed by atoms with Crippen molar-refractivity contribution in [3.05, 3.63) is 29.8 Å². The lowest BCUT2D eigenvalue weighted by atomic mass is 9.93. The lowest BCUT2D eigenvalue weighted by molar-refractivity contribution is 0.117. The summed E-state index contributed by atoms with van der Waals surface area (Å²) in [4.78, 5) is 11.9. The van der Waals surface area contributed by atoms with Crippen molar-refractivity contribution in [2.24, 2.45) is 0 Å². The number of para-hydroxylation sites is 1. The summed E-state index contributed by atoms with van der Waals surface area (Å²) < 4.78 is 5.79. The molecule has 21 heavy (non-hydrogen) atoms. The van der Waals surface area contributed by atoms with Gasteiger partial charge in [0.25, 0.3) is 0 Å². The summed E-state index contributed by atoms with van der Waals surface area (Å²) in [6.07, 6.45) is 3.89. The van der Waals surface area contributed by atoms with Gasteiger partial charge < -0.3 is 20.5 Å². The standard InChI is InChI=1S/C16H22N2O3/c19-13-7-5-12(6-8-13)18-16(20)17-10-14-9-11-3-1-2-4-15(11)21-14/h1-4,12-14,19H,5-10H2,(H2,17,18,20). The van der Waals surface area contributed by atoms with E-state index in [4.69, 9.17) is 4.74 Å². The van der Waals surface area contributed by atoms with Crippen LogP contribution in [-0.2, 0) is 6.42 Å². The predicted molar refractivity (Wildman–Crippen MR) is 79.4 cm³/mol. The first-order valence-corrected chi connectivity index (χ1v) is 7.67. The number of rotatable bonds is 3. The molecule has 0 bridgehead atoms. The fraction of sp³-hybridized carbons (Fsp3) is 0.562. The molecule has 0 radical (unpaired) electrons. The Labute approximate surface area is 124 Å². The quantitative estimate of drug-likeness (QED) is 0.792. The second-order valence-corrected chi connectivity index (χ2v) is 5.91. The molecule has 1 fully saturated rings. The van der Waals surface area contributed by atoms with E-state index >= 15 is 0 Å². The van der Waals surface area contributed by atoms with E-state index in [1.807, 2.05) is 18.2 Å². The number of ether oxygens (including phenoxy) is 1. The van der Waals surface area contributed by atoms with Crippen LogP contribution in [-0.4, -0.2) is 35.9 Å². The molecule has 0 saturated heterocycles. The van der Waals surface area contributed by atoms with E-state index < -0.39 is 0 Å². The Morgan fingerprint density at radius 2 is 2.00 bits per heavy atom. The number of hydrogen-bond acceptors (Lipinski definition) is 3. The van der Waals surface area contributed by atoms with Crippen LogP contribution in [0.2, 0.25) is 0 Å². The summed E-state index contributed by atoms with van der Waals surface area (Å²) >= 11 is 0. The number of aliphatic hydroxyl groups excluding tert-OH is 1. The average molecular weight is 290 g/mol. The van der Waals surface area contributed by atoms with E-state index in [1.54, 1.807) is 0 Å². The van der Waals surface area contributed by atoms with Crippen LogP contribution in [0.1, 0.15) is 31.2 Å². The van der Waals surface area contributed by atoms with Gasteiger partial charge in [0, 0.05) is 12.5 Å². The molecule has 5 nitrogen and oxygen atoms in total. The van der Waals surface area contributed by atoms with Crippen molar-refractivity contribution in [3.63, 3.8) is 0 Å². The molecule has 0 spiro atoms. The highest BCUT2D eigenvalue weighted by molar-refractivity contribution is 5.74. The number of amides is 2. The lowest BCUT2D eigenvalue weighted by Gasteiger charge is -2.26. The van der Waals surface area contributed by atoms with E-state index in [1.165, 1.54) is 5.56 Å². The normalized spacial score (nSPS) is 27.6. The molecule has 1 aromatic carbocycles. The molecule has 2 aliphatic rings. The summed E-state index contributed by atoms with van der Waals surface area (Å²) in [5, 5.41) is 15.3. The first kappa shape index (κ1) is 14.2. The molecule has 1 aliphatic heterocycles. The molecule has 3 rings (SSSR count). The van der Waals surface area contributed by atoms with Crippen LogP contribution in [0.3, 0.4) is 0 Å². The van der Waals surface area contributed by atoms with E-state index in [9.17, 15) is 9.90 Å². The van der Waals surface area contributed by atoms with E-state index in [2.05, 4.69) is 16.7 Å². The fourth-order valence-corrected chi connectivity index (χ4v) is 3.03. The van der Waals surface area contributed by atoms with Crippen molar-refractivity contribution in [1.82, 2.24) is 10.6 Å². The number of benzene rings is 1. The van der Waals surface area contributed by atoms with Crippen molar-refractivity contribution in [2.75, 3.05) is 6.54 Å². The minimum atomic E-state index is -0.198. The van der Waals surface area contributed by atoms with Gasteiger partial charge in [-0.1, -0.05) is 18.2 Å². The van der Waals surface area contributed by atoms with Crippen LogP contribution in [0.5, 0.6) is 5.75 Å². The SMILES string of the molecule is O=C(NCC1Cc2ccccc2O1)NC1CCC(O)CC1. The number of carbonyl (C=O) groups excluding carboxylic acids is 1. The van der Waals surface area contributed by atoms with Crippen molar-refractivity contribution in [3.8, 4) is 5.75 Å². The van der Waals surface area contributed by atoms with Crippen molar-refractivity contribution < 1.29 is 14.6 Å². The molecule has 1 unspecified atom stereocenters. The first-order chi connectivity index (χ1) is 10.2. The smallest absolute Gasteiger partial charge is 0.315 e. The van der Waals surface area contributed by atoms with Gasteiger partial charge in [0.2, 0.25) is 0 Å². The van der Waals surface area contributed by atoms with Gasteiger partial charge in [0.15, 0.2) is 0 Å². The second-order valence-electron chi connectivity index (χ2n) is 5.91. The van der Waals surface area contributed by atoms with Gasteiger partial charge in [-0.25, -0.2) is 4.79 Å². The van der Waals surface area contributed by atoms with Crippen LogP contribution in [0.15, 0.2) is 24.3 Å². The van der Waals surface area contributed by atoms with Gasteiger partial charge in [0.1, 0.15) is 11.9 Å². The van der Waals surface area contributed by atoms with Gasteiger partial charge in [-0.3, -0.25) is 0 Å². The predicted octanol–water partition coefficient (Wildman–Crippen LogP) is 1.59. The van der Waals surface area contributed by atoms with Gasteiger partial charge in [-0.05, 0) is 37.3 Å². The minimum absolute atomic E-state index is 0.0151. The Balaban J connectivity index is 1.39. The molecule has 2 amide bonds. The van der Waals surface area contributed by atoms with Crippen molar-refractivity contribution in [2.45, 2.75) is 50.4 Å². The Bertz CT molecular complexity index is 473. The first-order valence-electron chi connectivity index (χ1n) is 7.67. The summed E-state index contributed by atoms with van der Waals surface area (Å²) in [7, 11) is 0. The van der Waals surface area contributed by atoms with Crippen molar-refractivity contribution >= 4 is 6.03 Å². The zero-order valence-electron chi connectivity index (χ0n) is 12.0. The van der Waals surface area contributed by atoms with E-state index in [0.29, 0.717) is 6.54 Å². The lowest BCUT2D eigenvalue weighted by Crippen LogP contribution is -2.46. The van der Waals surface area contributed by atoms with E-state index in [0.717, 1.165) is 37.9 Å². The number of carbonyl (C=O) groups is 1. The monoisotopic (exact) mass is 290 g/mol. The van der Waals surface area contributed by atoms with Gasteiger partial charge in [-0.2, -0.15) is 0 Å². The average Bonchev–Trinajstić information content (AvgIpc) is 2.90. The Morgan fingerprint density at radius 3 is 2.76 bits per heavy atom. The summed E-state index contributed by atoms with van der Waals surface area (Å²) in [5.41, 5.74) is 1.20. The number of fused-ring (bicyclic) bond motifs is 1. The summed E-state index contributed by atoms with van der Waals surface area (Å²) in [6, 6.07) is 8.01. The Morgan fingerprint density at radius 1 is 1.24 bits per heavy atom. The van der Waals surface area contributed by atoms with Gasteiger partial charge in [0.05, 0.1) is 12.6 Å². The molecular weight excluding hydrogens is 268 g/mol. The maximum Gasteiger partial charge on any atom is 0.315 e. The van der Waals surface area contributed by atoms with Crippen LogP contribution < -0.4 is 15.4 Å². The highest BCUT2D eigenvalue weighted by Gasteiger charge is 2.24. The maximum atomic E-state index is 11.9. The molecular formula is C16H22N2O3. The summed E-state index contributed by atoms with van der Waals surface area (Å²) in [5.74, 6) is 0.922. The Hall–Kier alpha value is -1.75. The fourth-order valence-electron chi connectivity index (χ4n) is 3.03. The number of urea groups is 1. The highest BCUT2D eigenvalue weighted by Crippen LogP contribution is 2.27. The van der Waals surface area contributed by atoms with Crippen LogP contribution >= 0.6 is 0 Å². The third kappa shape index (κ3) is 3.67. The van der Waals surface area contributed by atoms with Crippen molar-refractivity contribution in [1.29, 1.82) is 0 Å². The third-order valence-electron chi connectivity index (χ3n) is 4.24. The molecule has 0 aromatic heterocycles. The van der Waals surface area contributed by atoms with Crippen LogP contribution in [0.4, 0.5) is 4.79 Å². The summed E-state index contributed by atoms with van der Waals surface area (Å²) in [6.45, 7) is 0.510. The highest BCUT2D eigenvalue weighted by atomic mass is 16.5. The van der Waals surface area contributed by atoms with Crippen LogP contribution in [0.25, 0.3) is 0 Å². The molecule has 1 heterocycles. The van der Waals surface area contributed by atoms with E-state index in [-0.39, 0.29) is 24.3 Å². The minimum Gasteiger partial charge on any atom is -0.488 e. The maximum absolute atomic E-state index is 11.9. The zero-order valence-corrected chi connectivity index (χ0v) is 12.0. The Kier molecular flexibility index (Phi) is 4.29. The van der Waals surface area contributed by atoms with Crippen LogP contribution in [0, 0.1) is 0 Å². The number of nitrogens with one attached hydrogen (secondary N) is 2. The molecule has 3 N–H and O–H groups in total. The molecule has 1 aromatic rings. The number of hydrogen-bond donors (Lipinski definition) is 3. The number of aliphatic hydroxyl groups is 1. The second kappa shape index (κ2) is 6.35. The molecule has 114 valence electrons. The topological polar surface area (TPSA) is 70.6 Å². The molecule has 5 heteroatoms. The zero-order chi connectivity index (χ0) is 14.7. The molecule has 1 aliphatic carbocycles.